The van der Waals surface area contributed by atoms with Crippen molar-refractivity contribution in [2.24, 2.45) is 39.8 Å². The maximum Gasteiger partial charge on any atom is 0.0201 e. The van der Waals surface area contributed by atoms with Gasteiger partial charge in [-0.2, -0.15) is 0 Å². The molecule has 0 saturated heterocycles. The number of allylic oxidation sites excluding steroid dienone is 4. The van der Waals surface area contributed by atoms with Crippen LogP contribution in [0.15, 0.2) is 28.9 Å². The first-order chi connectivity index (χ1) is 18.0. The molecule has 0 aromatic carbocycles. The van der Waals surface area contributed by atoms with Crippen LogP contribution < -0.4 is 49.3 Å². The van der Waals surface area contributed by atoms with Crippen molar-refractivity contribution in [1.82, 2.24) is 29.9 Å². The molecule has 0 spiro atoms. The molecule has 7 N–H and O–H groups in total. The van der Waals surface area contributed by atoms with Gasteiger partial charge >= 0.3 is 194 Å². The molecule has 3 unspecified atom stereocenters. The van der Waals surface area contributed by atoms with Crippen LogP contribution >= 0.6 is 0 Å². The van der Waals surface area contributed by atoms with Crippen LogP contribution in [0.4, 0.5) is 0 Å². The van der Waals surface area contributed by atoms with Gasteiger partial charge in [-0.1, -0.05) is 0 Å². The zero-order valence-corrected chi connectivity index (χ0v) is 27.4. The number of nitrogens with two attached hydrogens (primary N) is 1. The van der Waals surface area contributed by atoms with Crippen LogP contribution in [0, 0.1) is 29.1 Å². The second-order valence-electron chi connectivity index (χ2n) is 12.7. The van der Waals surface area contributed by atoms with E-state index in [1.165, 1.54) is 25.0 Å². The normalized spacial score (nSPS) is 32.6. The average Bonchev–Trinajstić information content (AvgIpc) is 2.86. The van der Waals surface area contributed by atoms with E-state index >= 15 is 0 Å². The van der Waals surface area contributed by atoms with Gasteiger partial charge in [-0.3, -0.25) is 5.43 Å². The third-order valence-corrected chi connectivity index (χ3v) is 11.1. The van der Waals surface area contributed by atoms with Crippen molar-refractivity contribution < 1.29 is 18.7 Å². The van der Waals surface area contributed by atoms with Gasteiger partial charge in [0.15, 0.2) is 0 Å². The van der Waals surface area contributed by atoms with Gasteiger partial charge in [0.25, 0.3) is 0 Å². The Bertz CT molecular complexity index is 807. The number of rotatable bonds is 14. The third-order valence-electron chi connectivity index (χ3n) is 8.75. The topological polar surface area (TPSA) is 102 Å². The molecule has 2 aliphatic carbocycles. The fourth-order valence-corrected chi connectivity index (χ4v) is 8.74. The minimum Gasteiger partial charge on any atom is -0.0484 e. The maximum absolute atomic E-state index is 5.99. The molecule has 1 heterocycles. The largest absolute Gasteiger partial charge is 0.0484 e. The summed E-state index contributed by atoms with van der Waals surface area (Å²) in [6.45, 7) is 11.9. The van der Waals surface area contributed by atoms with E-state index in [0.717, 1.165) is 45.7 Å². The van der Waals surface area contributed by atoms with Crippen LogP contribution in [0.1, 0.15) is 52.9 Å². The Hall–Kier alpha value is -0.560. The minimum atomic E-state index is -1.81. The number of halogens is 1. The Balaban J connectivity index is 1.55. The fraction of sp³-hybridized carbons (Fsp3) is 0.828. The van der Waals surface area contributed by atoms with Crippen molar-refractivity contribution in [3.63, 3.8) is 0 Å². The Morgan fingerprint density at radius 2 is 2.03 bits per heavy atom. The molecule has 0 radical (unpaired) electrons. The van der Waals surface area contributed by atoms with Gasteiger partial charge in [-0.05, 0) is 20.9 Å². The number of hydrogen-bond acceptors (Lipinski definition) is 8. The summed E-state index contributed by atoms with van der Waals surface area (Å²) in [5.74, 6) is 2.32. The fourth-order valence-electron chi connectivity index (χ4n) is 6.22. The van der Waals surface area contributed by atoms with E-state index in [9.17, 15) is 0 Å². The van der Waals surface area contributed by atoms with Gasteiger partial charge < -0.3 is 0 Å². The Morgan fingerprint density at radius 3 is 2.68 bits per heavy atom. The number of aliphatic imine (C=N–C) groups is 1. The van der Waals surface area contributed by atoms with E-state index < -0.39 is 18.7 Å². The van der Waals surface area contributed by atoms with E-state index in [1.54, 1.807) is 0 Å². The van der Waals surface area contributed by atoms with E-state index in [-0.39, 0.29) is 11.7 Å². The molecule has 0 saturated carbocycles. The molecule has 1 aliphatic heterocycles. The van der Waals surface area contributed by atoms with Crippen LogP contribution in [0.3, 0.4) is 0 Å². The second kappa shape index (κ2) is 14.9. The SMILES string of the molecule is CNN(CNCC1CCC=C[C@H]1CCNC[C@H]1CC(N[I-](C)(C)C)=CCC1(C)C1C=N[C@H](N)NC1)C(C)C. The van der Waals surface area contributed by atoms with Crippen molar-refractivity contribution in [2.45, 2.75) is 65.2 Å². The summed E-state index contributed by atoms with van der Waals surface area (Å²) < 4.78 is 3.94. The zero-order valence-electron chi connectivity index (χ0n) is 25.2. The van der Waals surface area contributed by atoms with E-state index in [1.807, 2.05) is 7.05 Å². The first kappa shape index (κ1) is 32.0. The van der Waals surface area contributed by atoms with Crippen LogP contribution in [-0.4, -0.2) is 78.2 Å². The standard InChI is InChI=1S/C29H58IN8/c1-22(2)38(32-7)21-34-17-24-11-9-8-10-23(24)13-15-33-18-25-16-27(37-30(4,5)6)12-14-29(25,3)26-19-35-28(31)36-20-26/h8,10,12,19,22-26,28,32-34,36-37H,9,11,13-18,20-21,31H2,1-7H3/q-1/t23-,24?,25+,26?,28-,29?/m0/s1. The molecular formula is C29H58IN8-. The predicted octanol–water partition coefficient (Wildman–Crippen LogP) is -0.672. The van der Waals surface area contributed by atoms with Gasteiger partial charge in [-0.25, -0.2) is 5.01 Å². The van der Waals surface area contributed by atoms with E-state index in [2.05, 4.69) is 94.9 Å². The Morgan fingerprint density at radius 1 is 1.24 bits per heavy atom. The quantitative estimate of drug-likeness (QED) is 0.0284. The van der Waals surface area contributed by atoms with Crippen LogP contribution in [-0.2, 0) is 0 Å². The van der Waals surface area contributed by atoms with Gasteiger partial charge in [0.05, 0.1) is 6.67 Å². The smallest absolute Gasteiger partial charge is 0.0201 e. The molecule has 0 bridgehead atoms. The molecular weight excluding hydrogens is 587 g/mol. The zero-order chi connectivity index (χ0) is 27.8. The van der Waals surface area contributed by atoms with E-state index in [0.29, 0.717) is 29.7 Å². The second-order valence-corrected chi connectivity index (χ2v) is 23.0. The Labute approximate surface area is 237 Å². The number of hydrogen-bond donors (Lipinski definition) is 6. The Kier molecular flexibility index (Phi) is 12.5. The molecule has 3 aliphatic rings. The molecule has 6 atom stereocenters. The molecule has 0 fully saturated rings. The van der Waals surface area contributed by atoms with Gasteiger partial charge in [-0.15, -0.1) is 0 Å². The monoisotopic (exact) mass is 645 g/mol. The van der Waals surface area contributed by atoms with Crippen molar-refractivity contribution in [2.75, 3.05) is 54.7 Å². The average molecular weight is 646 g/mol. The summed E-state index contributed by atoms with van der Waals surface area (Å²) in [4.78, 5) is 11.8. The van der Waals surface area contributed by atoms with Crippen LogP contribution in [0.2, 0.25) is 0 Å². The number of nitrogens with one attached hydrogen (secondary N) is 5. The van der Waals surface area contributed by atoms with Crippen molar-refractivity contribution in [3.8, 4) is 0 Å². The molecule has 3 rings (SSSR count). The summed E-state index contributed by atoms with van der Waals surface area (Å²) in [7, 11) is 2.00. The maximum atomic E-state index is 5.99. The summed E-state index contributed by atoms with van der Waals surface area (Å²) in [6.07, 6.45) is 15.1. The van der Waals surface area contributed by atoms with Crippen molar-refractivity contribution in [3.05, 3.63) is 23.9 Å². The first-order valence-corrected chi connectivity index (χ1v) is 22.2. The predicted molar refractivity (Wildman–Crippen MR) is 160 cm³/mol. The minimum absolute atomic E-state index is 0.172. The van der Waals surface area contributed by atoms with Crippen molar-refractivity contribution in [1.29, 1.82) is 0 Å². The third kappa shape index (κ3) is 9.52. The number of nitrogens with zero attached hydrogens (tertiary/aromatic N) is 2. The molecule has 9 heteroatoms. The van der Waals surface area contributed by atoms with Crippen molar-refractivity contribution >= 4 is 6.21 Å². The summed E-state index contributed by atoms with van der Waals surface area (Å²) in [5.41, 5.74) is 10.9. The van der Waals surface area contributed by atoms with Gasteiger partial charge in [0, 0.05) is 6.04 Å². The van der Waals surface area contributed by atoms with Gasteiger partial charge in [0.2, 0.25) is 0 Å². The summed E-state index contributed by atoms with van der Waals surface area (Å²) in [6, 6.07) is 0.480. The number of hydrazine groups is 1. The molecule has 8 nitrogen and oxygen atoms in total. The van der Waals surface area contributed by atoms with Crippen LogP contribution in [0.5, 0.6) is 0 Å². The first-order valence-electron chi connectivity index (χ1n) is 14.6. The molecule has 222 valence electrons. The molecule has 38 heavy (non-hydrogen) atoms. The molecule has 0 aromatic rings. The summed E-state index contributed by atoms with van der Waals surface area (Å²) in [5, 5.41) is 13.2. The number of alkyl halides is 3. The van der Waals surface area contributed by atoms with Gasteiger partial charge in [0.1, 0.15) is 0 Å². The summed E-state index contributed by atoms with van der Waals surface area (Å²) >= 11 is -1.81. The molecule has 0 amide bonds. The van der Waals surface area contributed by atoms with Crippen LogP contribution in [0.25, 0.3) is 0 Å². The van der Waals surface area contributed by atoms with E-state index in [4.69, 9.17) is 5.73 Å². The molecule has 0 aromatic heterocycles.